The maximum atomic E-state index is 12.6. The van der Waals surface area contributed by atoms with E-state index in [2.05, 4.69) is 9.97 Å². The van der Waals surface area contributed by atoms with E-state index in [1.165, 1.54) is 12.1 Å². The number of imidazole rings is 2. The Bertz CT molecular complexity index is 784. The van der Waals surface area contributed by atoms with Gasteiger partial charge >= 0.3 is 6.18 Å². The molecule has 0 unspecified atom stereocenters. The zero-order chi connectivity index (χ0) is 16.4. The van der Waals surface area contributed by atoms with Crippen LogP contribution in [0.25, 0.3) is 5.69 Å². The molecule has 0 aliphatic carbocycles. The number of rotatable bonds is 4. The standard InChI is InChI=1S/C16H15F3N4/c1-2-15-20-7-8-22(15)9-13-10-23(11-21-13)14-5-3-12(4-6-14)16(17,18)19/h3-8,10-11H,2,9H2,1H3. The van der Waals surface area contributed by atoms with Gasteiger partial charge in [0.2, 0.25) is 0 Å². The van der Waals surface area contributed by atoms with E-state index in [0.29, 0.717) is 12.2 Å². The second-order valence-corrected chi connectivity index (χ2v) is 5.14. The summed E-state index contributed by atoms with van der Waals surface area (Å²) in [5, 5.41) is 0. The molecule has 0 saturated heterocycles. The van der Waals surface area contributed by atoms with Crippen LogP contribution in [0.3, 0.4) is 0 Å². The summed E-state index contributed by atoms with van der Waals surface area (Å²) >= 11 is 0. The van der Waals surface area contributed by atoms with E-state index in [4.69, 9.17) is 0 Å². The fourth-order valence-corrected chi connectivity index (χ4v) is 2.38. The lowest BCUT2D eigenvalue weighted by molar-refractivity contribution is -0.137. The van der Waals surface area contributed by atoms with Gasteiger partial charge in [-0.2, -0.15) is 13.2 Å². The minimum atomic E-state index is -4.32. The van der Waals surface area contributed by atoms with E-state index in [0.717, 1.165) is 30.1 Å². The molecule has 4 nitrogen and oxygen atoms in total. The summed E-state index contributed by atoms with van der Waals surface area (Å²) in [6.45, 7) is 2.61. The minimum absolute atomic E-state index is 0.580. The molecule has 0 aliphatic rings. The Morgan fingerprint density at radius 1 is 1.09 bits per heavy atom. The Hall–Kier alpha value is -2.57. The van der Waals surface area contributed by atoms with Crippen LogP contribution in [-0.4, -0.2) is 19.1 Å². The molecule has 0 radical (unpaired) electrons. The van der Waals surface area contributed by atoms with Crippen LogP contribution in [0, 0.1) is 0 Å². The molecular formula is C16H15F3N4. The van der Waals surface area contributed by atoms with Gasteiger partial charge in [0.15, 0.2) is 0 Å². The predicted molar refractivity (Wildman–Crippen MR) is 79.3 cm³/mol. The minimum Gasteiger partial charge on any atom is -0.329 e. The molecule has 0 atom stereocenters. The number of halogens is 3. The molecule has 7 heteroatoms. The highest BCUT2D eigenvalue weighted by Crippen LogP contribution is 2.29. The molecule has 3 aromatic rings. The first-order chi connectivity index (χ1) is 11.0. The lowest BCUT2D eigenvalue weighted by Gasteiger charge is -2.08. The summed E-state index contributed by atoms with van der Waals surface area (Å²) in [5.41, 5.74) is 0.795. The molecule has 3 rings (SSSR count). The van der Waals surface area contributed by atoms with Gasteiger partial charge in [-0.1, -0.05) is 6.92 Å². The lowest BCUT2D eigenvalue weighted by atomic mass is 10.2. The predicted octanol–water partition coefficient (Wildman–Crippen LogP) is 3.70. The number of nitrogens with zero attached hydrogens (tertiary/aromatic N) is 4. The van der Waals surface area contributed by atoms with Gasteiger partial charge < -0.3 is 9.13 Å². The average Bonchev–Trinajstić information content (AvgIpc) is 3.16. The fourth-order valence-electron chi connectivity index (χ4n) is 2.38. The number of aromatic nitrogens is 4. The Morgan fingerprint density at radius 3 is 2.48 bits per heavy atom. The molecule has 1 aromatic carbocycles. The summed E-state index contributed by atoms with van der Waals surface area (Å²) in [6.07, 6.45) is 3.54. The average molecular weight is 320 g/mol. The van der Waals surface area contributed by atoms with Gasteiger partial charge in [0.05, 0.1) is 24.1 Å². The summed E-state index contributed by atoms with van der Waals surface area (Å²) in [6, 6.07) is 5.01. The number of hydrogen-bond acceptors (Lipinski definition) is 2. The Balaban J connectivity index is 1.79. The summed E-state index contributed by atoms with van der Waals surface area (Å²) in [5.74, 6) is 0.967. The number of alkyl halides is 3. The van der Waals surface area contributed by atoms with Crippen molar-refractivity contribution < 1.29 is 13.2 Å². The molecule has 0 aliphatic heterocycles. The van der Waals surface area contributed by atoms with Gasteiger partial charge in [0.25, 0.3) is 0 Å². The molecule has 0 saturated carbocycles. The van der Waals surface area contributed by atoms with Crippen LogP contribution in [0.5, 0.6) is 0 Å². The molecule has 120 valence electrons. The molecule has 0 N–H and O–H groups in total. The van der Waals surface area contributed by atoms with E-state index >= 15 is 0 Å². The van der Waals surface area contributed by atoms with Crippen LogP contribution in [-0.2, 0) is 19.1 Å². The molecule has 23 heavy (non-hydrogen) atoms. The maximum Gasteiger partial charge on any atom is 0.416 e. The van der Waals surface area contributed by atoms with Gasteiger partial charge in [0, 0.05) is 30.7 Å². The second kappa shape index (κ2) is 5.91. The zero-order valence-corrected chi connectivity index (χ0v) is 12.5. The van der Waals surface area contributed by atoms with Crippen molar-refractivity contribution in [3.05, 3.63) is 66.3 Å². The van der Waals surface area contributed by atoms with E-state index < -0.39 is 11.7 Å². The van der Waals surface area contributed by atoms with Crippen LogP contribution in [0.4, 0.5) is 13.2 Å². The van der Waals surface area contributed by atoms with Crippen molar-refractivity contribution in [2.75, 3.05) is 0 Å². The van der Waals surface area contributed by atoms with Crippen LogP contribution in [0.15, 0.2) is 49.2 Å². The highest BCUT2D eigenvalue weighted by molar-refractivity contribution is 5.36. The van der Waals surface area contributed by atoms with Crippen molar-refractivity contribution in [3.8, 4) is 5.69 Å². The molecule has 0 bridgehead atoms. The van der Waals surface area contributed by atoms with Crippen molar-refractivity contribution in [1.29, 1.82) is 0 Å². The fraction of sp³-hybridized carbons (Fsp3) is 0.250. The molecule has 0 fully saturated rings. The van der Waals surface area contributed by atoms with Crippen LogP contribution < -0.4 is 0 Å². The largest absolute Gasteiger partial charge is 0.416 e. The molecule has 0 amide bonds. The van der Waals surface area contributed by atoms with E-state index in [9.17, 15) is 13.2 Å². The highest BCUT2D eigenvalue weighted by atomic mass is 19.4. The quantitative estimate of drug-likeness (QED) is 0.735. The first kappa shape index (κ1) is 15.3. The number of aryl methyl sites for hydroxylation is 1. The Kier molecular flexibility index (Phi) is 3.94. The van der Waals surface area contributed by atoms with Crippen molar-refractivity contribution in [2.45, 2.75) is 26.1 Å². The van der Waals surface area contributed by atoms with E-state index in [1.807, 2.05) is 23.9 Å². The summed E-state index contributed by atoms with van der Waals surface area (Å²) in [7, 11) is 0. The molecule has 2 aromatic heterocycles. The van der Waals surface area contributed by atoms with E-state index in [1.54, 1.807) is 17.1 Å². The SMILES string of the molecule is CCc1nccn1Cc1cn(-c2ccc(C(F)(F)F)cc2)cn1. The van der Waals surface area contributed by atoms with Gasteiger partial charge in [-0.3, -0.25) is 0 Å². The first-order valence-corrected chi connectivity index (χ1v) is 7.18. The van der Waals surface area contributed by atoms with Gasteiger partial charge in [0.1, 0.15) is 5.82 Å². The van der Waals surface area contributed by atoms with Crippen molar-refractivity contribution in [1.82, 2.24) is 19.1 Å². The van der Waals surface area contributed by atoms with Crippen molar-refractivity contribution in [2.24, 2.45) is 0 Å². The Morgan fingerprint density at radius 2 is 1.83 bits per heavy atom. The van der Waals surface area contributed by atoms with Crippen molar-refractivity contribution in [3.63, 3.8) is 0 Å². The van der Waals surface area contributed by atoms with Gasteiger partial charge in [-0.25, -0.2) is 9.97 Å². The van der Waals surface area contributed by atoms with Crippen LogP contribution in [0.2, 0.25) is 0 Å². The number of benzene rings is 1. The van der Waals surface area contributed by atoms with Gasteiger partial charge in [-0.05, 0) is 24.3 Å². The lowest BCUT2D eigenvalue weighted by Crippen LogP contribution is -2.05. The maximum absolute atomic E-state index is 12.6. The van der Waals surface area contributed by atoms with Crippen LogP contribution in [0.1, 0.15) is 24.0 Å². The number of hydrogen-bond donors (Lipinski definition) is 0. The highest BCUT2D eigenvalue weighted by Gasteiger charge is 2.29. The third-order valence-corrected chi connectivity index (χ3v) is 3.58. The van der Waals surface area contributed by atoms with Crippen LogP contribution >= 0.6 is 0 Å². The zero-order valence-electron chi connectivity index (χ0n) is 12.5. The van der Waals surface area contributed by atoms with E-state index in [-0.39, 0.29) is 0 Å². The summed E-state index contributed by atoms with van der Waals surface area (Å²) < 4.78 is 41.4. The molecular weight excluding hydrogens is 305 g/mol. The molecule has 2 heterocycles. The topological polar surface area (TPSA) is 35.6 Å². The third kappa shape index (κ3) is 3.28. The van der Waals surface area contributed by atoms with Gasteiger partial charge in [-0.15, -0.1) is 0 Å². The monoisotopic (exact) mass is 320 g/mol. The Labute approximate surface area is 131 Å². The third-order valence-electron chi connectivity index (χ3n) is 3.58. The summed E-state index contributed by atoms with van der Waals surface area (Å²) in [4.78, 5) is 8.56. The van der Waals surface area contributed by atoms with Crippen molar-refractivity contribution >= 4 is 0 Å². The second-order valence-electron chi connectivity index (χ2n) is 5.14. The normalized spacial score (nSPS) is 11.8. The molecule has 0 spiro atoms. The first-order valence-electron chi connectivity index (χ1n) is 7.18. The smallest absolute Gasteiger partial charge is 0.329 e.